The minimum Gasteiger partial charge on any atom is -0.284 e. The molecule has 0 amide bonds. The van der Waals surface area contributed by atoms with Gasteiger partial charge in [-0.2, -0.15) is 0 Å². The maximum atomic E-state index is 4.35. The molecule has 0 bridgehead atoms. The Morgan fingerprint density at radius 2 is 2.27 bits per heavy atom. The topological polar surface area (TPSA) is 43.1 Å². The third kappa shape index (κ3) is 2.02. The molecule has 0 aliphatic rings. The molecule has 1 unspecified atom stereocenters. The number of alkyl halides is 1. The Bertz CT molecular complexity index is 465. The molecule has 2 aromatic heterocycles. The number of halogens is 1. The van der Waals surface area contributed by atoms with Gasteiger partial charge in [-0.05, 0) is 13.3 Å². The van der Waals surface area contributed by atoms with Crippen LogP contribution in [-0.4, -0.2) is 24.4 Å². The lowest BCUT2D eigenvalue weighted by molar-refractivity contribution is 0.805. The normalized spacial score (nSPS) is 13.3. The average Bonchev–Trinajstić information content (AvgIpc) is 2.62. The van der Waals surface area contributed by atoms with Gasteiger partial charge in [0.2, 0.25) is 0 Å². The van der Waals surface area contributed by atoms with Crippen LogP contribution in [0.2, 0.25) is 0 Å². The maximum absolute atomic E-state index is 4.35. The third-order valence-corrected chi connectivity index (χ3v) is 3.40. The first kappa shape index (κ1) is 10.5. The predicted octanol–water partition coefficient (Wildman–Crippen LogP) is 2.15. The standard InChI is InChI=1S/C10H13BrN4/c1-3-8(11)6-9-10-14-13-7(2)15(10)5-4-12-9/h4-5,8H,3,6H2,1-2H3. The fourth-order valence-electron chi connectivity index (χ4n) is 1.49. The molecule has 0 aliphatic carbocycles. The summed E-state index contributed by atoms with van der Waals surface area (Å²) in [5.74, 6) is 0.899. The molecule has 2 rings (SSSR count). The van der Waals surface area contributed by atoms with Gasteiger partial charge in [0, 0.05) is 23.6 Å². The Morgan fingerprint density at radius 3 is 3.00 bits per heavy atom. The van der Waals surface area contributed by atoms with Crippen LogP contribution in [0.3, 0.4) is 0 Å². The minimum atomic E-state index is 0.452. The largest absolute Gasteiger partial charge is 0.284 e. The Balaban J connectivity index is 2.43. The van der Waals surface area contributed by atoms with Crippen molar-refractivity contribution in [1.29, 1.82) is 0 Å². The first-order chi connectivity index (χ1) is 7.22. The highest BCUT2D eigenvalue weighted by Crippen LogP contribution is 2.14. The second kappa shape index (κ2) is 4.26. The zero-order valence-corrected chi connectivity index (χ0v) is 10.4. The number of hydrogen-bond acceptors (Lipinski definition) is 3. The second-order valence-corrected chi connectivity index (χ2v) is 4.82. The molecule has 80 valence electrons. The van der Waals surface area contributed by atoms with Gasteiger partial charge in [0.05, 0.1) is 5.69 Å². The summed E-state index contributed by atoms with van der Waals surface area (Å²) in [6, 6.07) is 0. The van der Waals surface area contributed by atoms with Gasteiger partial charge >= 0.3 is 0 Å². The lowest BCUT2D eigenvalue weighted by Crippen LogP contribution is -2.05. The van der Waals surface area contributed by atoms with Gasteiger partial charge in [0.25, 0.3) is 0 Å². The molecule has 0 radical (unpaired) electrons. The highest BCUT2D eigenvalue weighted by atomic mass is 79.9. The van der Waals surface area contributed by atoms with E-state index in [0.29, 0.717) is 4.83 Å². The van der Waals surface area contributed by atoms with E-state index >= 15 is 0 Å². The molecule has 0 aromatic carbocycles. The van der Waals surface area contributed by atoms with E-state index in [-0.39, 0.29) is 0 Å². The van der Waals surface area contributed by atoms with Crippen molar-refractivity contribution < 1.29 is 0 Å². The van der Waals surface area contributed by atoms with E-state index < -0.39 is 0 Å². The number of fused-ring (bicyclic) bond motifs is 1. The van der Waals surface area contributed by atoms with Crippen LogP contribution in [0.5, 0.6) is 0 Å². The number of nitrogens with zero attached hydrogens (tertiary/aromatic N) is 4. The molecule has 2 aromatic rings. The van der Waals surface area contributed by atoms with Crippen molar-refractivity contribution in [3.05, 3.63) is 23.9 Å². The smallest absolute Gasteiger partial charge is 0.182 e. The van der Waals surface area contributed by atoms with Crippen LogP contribution in [0.25, 0.3) is 5.65 Å². The molecular weight excluding hydrogens is 256 g/mol. The lowest BCUT2D eigenvalue weighted by Gasteiger charge is -2.06. The fourth-order valence-corrected chi connectivity index (χ4v) is 1.80. The number of aromatic nitrogens is 4. The zero-order chi connectivity index (χ0) is 10.8. The van der Waals surface area contributed by atoms with Gasteiger partial charge in [-0.3, -0.25) is 9.38 Å². The van der Waals surface area contributed by atoms with E-state index in [0.717, 1.165) is 30.0 Å². The second-order valence-electron chi connectivity index (χ2n) is 3.52. The van der Waals surface area contributed by atoms with Crippen LogP contribution in [-0.2, 0) is 6.42 Å². The fraction of sp³-hybridized carbons (Fsp3) is 0.500. The maximum Gasteiger partial charge on any atom is 0.182 e. The zero-order valence-electron chi connectivity index (χ0n) is 8.81. The summed E-state index contributed by atoms with van der Waals surface area (Å²) in [5.41, 5.74) is 1.87. The van der Waals surface area contributed by atoms with Crippen LogP contribution in [0.15, 0.2) is 12.4 Å². The predicted molar refractivity (Wildman–Crippen MR) is 62.2 cm³/mol. The molecule has 15 heavy (non-hydrogen) atoms. The monoisotopic (exact) mass is 268 g/mol. The minimum absolute atomic E-state index is 0.452. The average molecular weight is 269 g/mol. The van der Waals surface area contributed by atoms with Crippen LogP contribution >= 0.6 is 15.9 Å². The van der Waals surface area contributed by atoms with Gasteiger partial charge in [-0.1, -0.05) is 22.9 Å². The molecule has 0 aliphatic heterocycles. The molecule has 4 nitrogen and oxygen atoms in total. The molecule has 0 saturated heterocycles. The van der Waals surface area contributed by atoms with Crippen LogP contribution < -0.4 is 0 Å². The van der Waals surface area contributed by atoms with E-state index in [4.69, 9.17) is 0 Å². The summed E-state index contributed by atoms with van der Waals surface area (Å²) < 4.78 is 1.97. The van der Waals surface area contributed by atoms with Crippen molar-refractivity contribution >= 4 is 21.6 Å². The van der Waals surface area contributed by atoms with Gasteiger partial charge in [0.1, 0.15) is 5.82 Å². The summed E-state index contributed by atoms with van der Waals surface area (Å²) in [4.78, 5) is 4.81. The van der Waals surface area contributed by atoms with Crippen LogP contribution in [0.4, 0.5) is 0 Å². The Morgan fingerprint density at radius 1 is 1.47 bits per heavy atom. The summed E-state index contributed by atoms with van der Waals surface area (Å²) >= 11 is 3.61. The van der Waals surface area contributed by atoms with E-state index in [1.54, 1.807) is 6.20 Å². The summed E-state index contributed by atoms with van der Waals surface area (Å²) in [6.45, 7) is 4.09. The Kier molecular flexibility index (Phi) is 3.00. The quantitative estimate of drug-likeness (QED) is 0.802. The SMILES string of the molecule is CCC(Br)Cc1nccn2c(C)nnc12. The number of aryl methyl sites for hydroxylation is 1. The van der Waals surface area contributed by atoms with E-state index in [1.165, 1.54) is 0 Å². The summed E-state index contributed by atoms with van der Waals surface area (Å²) in [6.07, 6.45) is 5.66. The van der Waals surface area contributed by atoms with E-state index in [9.17, 15) is 0 Å². The van der Waals surface area contributed by atoms with Gasteiger partial charge in [-0.15, -0.1) is 10.2 Å². The van der Waals surface area contributed by atoms with Crippen molar-refractivity contribution in [3.8, 4) is 0 Å². The number of hydrogen-bond donors (Lipinski definition) is 0. The third-order valence-electron chi connectivity index (χ3n) is 2.43. The molecule has 5 heteroatoms. The first-order valence-corrected chi connectivity index (χ1v) is 5.93. The van der Waals surface area contributed by atoms with Crippen LogP contribution in [0.1, 0.15) is 24.9 Å². The van der Waals surface area contributed by atoms with Crippen molar-refractivity contribution in [3.63, 3.8) is 0 Å². The number of rotatable bonds is 3. The lowest BCUT2D eigenvalue weighted by atomic mass is 10.2. The first-order valence-electron chi connectivity index (χ1n) is 5.01. The molecule has 0 spiro atoms. The highest BCUT2D eigenvalue weighted by Gasteiger charge is 2.10. The van der Waals surface area contributed by atoms with Crippen molar-refractivity contribution in [2.24, 2.45) is 0 Å². The van der Waals surface area contributed by atoms with Crippen LogP contribution in [0, 0.1) is 6.92 Å². The molecule has 0 N–H and O–H groups in total. The molecule has 0 saturated carbocycles. The highest BCUT2D eigenvalue weighted by molar-refractivity contribution is 9.09. The van der Waals surface area contributed by atoms with E-state index in [2.05, 4.69) is 38.0 Å². The van der Waals surface area contributed by atoms with E-state index in [1.807, 2.05) is 17.5 Å². The van der Waals surface area contributed by atoms with Crippen molar-refractivity contribution in [2.45, 2.75) is 31.5 Å². The molecule has 1 atom stereocenters. The van der Waals surface area contributed by atoms with Crippen molar-refractivity contribution in [2.75, 3.05) is 0 Å². The van der Waals surface area contributed by atoms with Gasteiger partial charge < -0.3 is 0 Å². The molecule has 0 fully saturated rings. The summed E-state index contributed by atoms with van der Waals surface area (Å²) in [7, 11) is 0. The molecule has 2 heterocycles. The Hall–Kier alpha value is -0.970. The van der Waals surface area contributed by atoms with Gasteiger partial charge in [0.15, 0.2) is 5.65 Å². The summed E-state index contributed by atoms with van der Waals surface area (Å²) in [5, 5.41) is 8.18. The molecular formula is C10H13BrN4. The van der Waals surface area contributed by atoms with Gasteiger partial charge in [-0.25, -0.2) is 0 Å². The Labute approximate surface area is 96.9 Å². The van der Waals surface area contributed by atoms with Crippen molar-refractivity contribution in [1.82, 2.24) is 19.6 Å².